The average Bonchev–Trinajstić information content (AvgIpc) is 3.41. The predicted octanol–water partition coefficient (Wildman–Crippen LogP) is 5.21. The van der Waals surface area contributed by atoms with E-state index in [1.165, 1.54) is 6.20 Å². The minimum Gasteiger partial charge on any atom is -0.493 e. The number of aromatic nitrogens is 3. The largest absolute Gasteiger partial charge is 0.493 e. The average molecular weight is 481 g/mol. The smallest absolute Gasteiger partial charge is 0.216 e. The Bertz CT molecular complexity index is 1380. The molecule has 5 rings (SSSR count). The standard InChI is InChI=1S/C26H26ClFN4O2/c1-15(31(2)3)12-32-13-22(20-6-4-16(10-23(20)32)21-11-29-30-26(21)28)25(33)18-8-17-9-19(27)5-7-24(17)34-14-18/h4-7,9-11,13,15,18H,8,12,14H2,1-3H3,(H,29,30)/t15-,18?/m1/s1. The van der Waals surface area contributed by atoms with Crippen molar-refractivity contribution < 1.29 is 13.9 Å². The van der Waals surface area contributed by atoms with Gasteiger partial charge >= 0.3 is 0 Å². The van der Waals surface area contributed by atoms with E-state index < -0.39 is 5.95 Å². The minimum absolute atomic E-state index is 0.0362. The third-order valence-corrected chi connectivity index (χ3v) is 6.93. The van der Waals surface area contributed by atoms with Gasteiger partial charge in [-0.05, 0) is 62.8 Å². The molecule has 0 saturated heterocycles. The van der Waals surface area contributed by atoms with E-state index >= 15 is 0 Å². The molecule has 2 atom stereocenters. The van der Waals surface area contributed by atoms with E-state index in [4.69, 9.17) is 16.3 Å². The Morgan fingerprint density at radius 3 is 2.88 bits per heavy atom. The van der Waals surface area contributed by atoms with E-state index in [0.717, 1.165) is 22.2 Å². The van der Waals surface area contributed by atoms with Gasteiger partial charge in [-0.1, -0.05) is 23.7 Å². The maximum atomic E-state index is 14.2. The molecule has 1 aliphatic heterocycles. The Morgan fingerprint density at radius 1 is 1.32 bits per heavy atom. The van der Waals surface area contributed by atoms with Crippen LogP contribution in [-0.2, 0) is 13.0 Å². The number of H-pyrrole nitrogens is 1. The van der Waals surface area contributed by atoms with Gasteiger partial charge in [0.15, 0.2) is 5.78 Å². The first-order valence-corrected chi connectivity index (χ1v) is 11.6. The van der Waals surface area contributed by atoms with Crippen molar-refractivity contribution in [3.8, 4) is 16.9 Å². The number of hydrogen-bond acceptors (Lipinski definition) is 4. The van der Waals surface area contributed by atoms with Crippen molar-refractivity contribution in [3.63, 3.8) is 0 Å². The highest BCUT2D eigenvalue weighted by Crippen LogP contribution is 2.34. The van der Waals surface area contributed by atoms with Crippen LogP contribution in [0.1, 0.15) is 22.8 Å². The fourth-order valence-corrected chi connectivity index (χ4v) is 4.67. The van der Waals surface area contributed by atoms with Gasteiger partial charge in [-0.2, -0.15) is 9.49 Å². The molecule has 0 spiro atoms. The molecule has 34 heavy (non-hydrogen) atoms. The number of carbonyl (C=O) groups excluding carboxylic acids is 1. The number of Topliss-reactive ketones (excluding diaryl/α,β-unsaturated/α-hetero) is 1. The molecule has 1 unspecified atom stereocenters. The second kappa shape index (κ2) is 8.89. The number of nitrogens with zero attached hydrogens (tertiary/aromatic N) is 3. The van der Waals surface area contributed by atoms with Crippen LogP contribution in [0.5, 0.6) is 5.75 Å². The van der Waals surface area contributed by atoms with E-state index in [0.29, 0.717) is 41.3 Å². The molecule has 0 saturated carbocycles. The van der Waals surface area contributed by atoms with Crippen molar-refractivity contribution in [2.75, 3.05) is 20.7 Å². The Hall–Kier alpha value is -3.16. The maximum Gasteiger partial charge on any atom is 0.216 e. The predicted molar refractivity (Wildman–Crippen MR) is 131 cm³/mol. The van der Waals surface area contributed by atoms with Crippen molar-refractivity contribution in [2.24, 2.45) is 5.92 Å². The lowest BCUT2D eigenvalue weighted by atomic mass is 9.89. The molecule has 0 aliphatic carbocycles. The van der Waals surface area contributed by atoms with Crippen LogP contribution in [0.4, 0.5) is 4.39 Å². The maximum absolute atomic E-state index is 14.2. The van der Waals surface area contributed by atoms with E-state index in [9.17, 15) is 9.18 Å². The normalized spacial score (nSPS) is 16.5. The second-order valence-corrected chi connectivity index (χ2v) is 9.60. The first-order valence-electron chi connectivity index (χ1n) is 11.3. The van der Waals surface area contributed by atoms with Gasteiger partial charge in [-0.25, -0.2) is 0 Å². The molecule has 0 fully saturated rings. The number of nitrogens with one attached hydrogen (secondary N) is 1. The molecule has 2 aromatic heterocycles. The highest BCUT2D eigenvalue weighted by molar-refractivity contribution is 6.30. The Balaban J connectivity index is 1.55. The highest BCUT2D eigenvalue weighted by atomic mass is 35.5. The van der Waals surface area contributed by atoms with Crippen molar-refractivity contribution in [3.05, 3.63) is 70.9 Å². The number of aromatic amines is 1. The van der Waals surface area contributed by atoms with Crippen LogP contribution in [0.2, 0.25) is 5.02 Å². The number of ketones is 1. The van der Waals surface area contributed by atoms with Crippen LogP contribution in [-0.4, -0.2) is 52.2 Å². The topological polar surface area (TPSA) is 63.2 Å². The lowest BCUT2D eigenvalue weighted by molar-refractivity contribution is 0.0856. The molecular weight excluding hydrogens is 455 g/mol. The van der Waals surface area contributed by atoms with Crippen molar-refractivity contribution in [1.29, 1.82) is 0 Å². The zero-order chi connectivity index (χ0) is 24.0. The van der Waals surface area contributed by atoms with E-state index in [2.05, 4.69) is 26.6 Å². The number of rotatable bonds is 6. The summed E-state index contributed by atoms with van der Waals surface area (Å²) in [4.78, 5) is 15.8. The highest BCUT2D eigenvalue weighted by Gasteiger charge is 2.29. The number of benzene rings is 2. The van der Waals surface area contributed by atoms with E-state index in [1.807, 2.05) is 50.6 Å². The van der Waals surface area contributed by atoms with Crippen LogP contribution in [0.25, 0.3) is 22.0 Å². The number of carbonyl (C=O) groups is 1. The minimum atomic E-state index is -0.480. The van der Waals surface area contributed by atoms with E-state index in [-0.39, 0.29) is 17.7 Å². The summed E-state index contributed by atoms with van der Waals surface area (Å²) in [5, 5.41) is 7.62. The second-order valence-electron chi connectivity index (χ2n) is 9.17. The Kier molecular flexibility index (Phi) is 5.91. The Morgan fingerprint density at radius 2 is 2.15 bits per heavy atom. The van der Waals surface area contributed by atoms with Gasteiger partial charge in [0.25, 0.3) is 0 Å². The molecule has 1 N–H and O–H groups in total. The molecule has 2 aromatic carbocycles. The van der Waals surface area contributed by atoms with Crippen LogP contribution >= 0.6 is 11.6 Å². The first kappa shape index (κ1) is 22.6. The summed E-state index contributed by atoms with van der Waals surface area (Å²) < 4.78 is 22.1. The molecule has 0 radical (unpaired) electrons. The van der Waals surface area contributed by atoms with Gasteiger partial charge in [0.2, 0.25) is 5.95 Å². The number of hydrogen-bond donors (Lipinski definition) is 1. The summed E-state index contributed by atoms with van der Waals surface area (Å²) in [6.45, 7) is 3.14. The molecule has 0 bridgehead atoms. The van der Waals surface area contributed by atoms with E-state index in [1.54, 1.807) is 6.07 Å². The van der Waals surface area contributed by atoms with Gasteiger partial charge in [-0.3, -0.25) is 9.89 Å². The van der Waals surface area contributed by atoms with Crippen molar-refractivity contribution in [1.82, 2.24) is 19.7 Å². The Labute approximate surface area is 202 Å². The third-order valence-electron chi connectivity index (χ3n) is 6.69. The summed E-state index contributed by atoms with van der Waals surface area (Å²) in [6, 6.07) is 11.4. The lowest BCUT2D eigenvalue weighted by Crippen LogP contribution is -2.29. The zero-order valence-electron chi connectivity index (χ0n) is 19.3. The number of ether oxygens (including phenoxy) is 1. The quantitative estimate of drug-likeness (QED) is 0.385. The van der Waals surface area contributed by atoms with Gasteiger partial charge in [0, 0.05) is 40.3 Å². The molecule has 4 aromatic rings. The molecule has 0 amide bonds. The van der Waals surface area contributed by atoms with Gasteiger partial charge in [0.1, 0.15) is 5.75 Å². The van der Waals surface area contributed by atoms with Gasteiger partial charge < -0.3 is 14.2 Å². The molecular formula is C26H26ClFN4O2. The summed E-state index contributed by atoms with van der Waals surface area (Å²) in [5.41, 5.74) is 3.59. The van der Waals surface area contributed by atoms with Crippen molar-refractivity contribution >= 4 is 28.3 Å². The third kappa shape index (κ3) is 4.10. The van der Waals surface area contributed by atoms with Gasteiger partial charge in [-0.15, -0.1) is 0 Å². The molecule has 1 aliphatic rings. The zero-order valence-corrected chi connectivity index (χ0v) is 20.1. The summed E-state index contributed by atoms with van der Waals surface area (Å²) in [5.74, 6) is 0.0333. The summed E-state index contributed by atoms with van der Waals surface area (Å²) >= 11 is 6.16. The molecule has 6 nitrogen and oxygen atoms in total. The number of fused-ring (bicyclic) bond motifs is 2. The fourth-order valence-electron chi connectivity index (χ4n) is 4.48. The first-order chi connectivity index (χ1) is 16.3. The van der Waals surface area contributed by atoms with Crippen LogP contribution < -0.4 is 4.74 Å². The lowest BCUT2D eigenvalue weighted by Gasteiger charge is -2.24. The van der Waals surface area contributed by atoms with Crippen molar-refractivity contribution in [2.45, 2.75) is 25.9 Å². The van der Waals surface area contributed by atoms with Crippen LogP contribution in [0.15, 0.2) is 48.8 Å². The monoisotopic (exact) mass is 480 g/mol. The molecule has 3 heterocycles. The molecule has 8 heteroatoms. The number of likely N-dealkylation sites (N-methyl/N-ethyl adjacent to an activating group) is 1. The number of halogens is 2. The van der Waals surface area contributed by atoms with Crippen LogP contribution in [0.3, 0.4) is 0 Å². The summed E-state index contributed by atoms with van der Waals surface area (Å²) in [6.07, 6.45) is 3.98. The van der Waals surface area contributed by atoms with Gasteiger partial charge in [0.05, 0.1) is 24.3 Å². The fraction of sp³-hybridized carbons (Fsp3) is 0.308. The van der Waals surface area contributed by atoms with Crippen LogP contribution in [0, 0.1) is 11.9 Å². The SMILES string of the molecule is C[C@H](Cn1cc(C(=O)C2COc3ccc(Cl)cc3C2)c2ccc(-c3cn[nH]c3F)cc21)N(C)C. The summed E-state index contributed by atoms with van der Waals surface area (Å²) in [7, 11) is 4.05. The molecule has 176 valence electrons.